The number of benzene rings is 1. The van der Waals surface area contributed by atoms with Crippen molar-refractivity contribution in [1.29, 1.82) is 0 Å². The van der Waals surface area contributed by atoms with E-state index in [4.69, 9.17) is 19.1 Å². The topological polar surface area (TPSA) is 94.7 Å². The first kappa shape index (κ1) is 11.5. The normalized spacial score (nSPS) is 12.6. The van der Waals surface area contributed by atoms with Crippen molar-refractivity contribution in [2.75, 3.05) is 6.79 Å². The number of aliphatic carboxylic acids is 1. The molecule has 0 bridgehead atoms. The molecular formula is C12H10N2O5. The lowest BCUT2D eigenvalue weighted by atomic mass is 10.2. The number of aromatic nitrogens is 2. The molecule has 0 spiro atoms. The lowest BCUT2D eigenvalue weighted by Crippen LogP contribution is -1.97. The van der Waals surface area contributed by atoms with Crippen molar-refractivity contribution < 1.29 is 23.9 Å². The number of carboxylic acids is 1. The highest BCUT2D eigenvalue weighted by Crippen LogP contribution is 2.35. The zero-order chi connectivity index (χ0) is 13.2. The molecule has 1 aromatic carbocycles. The standard InChI is InChI=1S/C12H10N2O5/c15-11(16)4-3-10-13-12(14-19-10)7-1-2-8-9(5-7)18-6-17-8/h1-2,5H,3-4,6H2,(H,15,16). The average Bonchev–Trinajstić information content (AvgIpc) is 3.04. The number of carboxylic acid groups (broad SMARTS) is 1. The van der Waals surface area contributed by atoms with E-state index < -0.39 is 5.97 Å². The van der Waals surface area contributed by atoms with E-state index in [-0.39, 0.29) is 19.6 Å². The van der Waals surface area contributed by atoms with Crippen LogP contribution in [0.5, 0.6) is 11.5 Å². The number of ether oxygens (including phenoxy) is 2. The second-order valence-corrected chi connectivity index (χ2v) is 3.97. The average molecular weight is 262 g/mol. The highest BCUT2D eigenvalue weighted by atomic mass is 16.7. The third-order valence-corrected chi connectivity index (χ3v) is 2.65. The fourth-order valence-corrected chi connectivity index (χ4v) is 1.72. The van der Waals surface area contributed by atoms with E-state index in [2.05, 4.69) is 10.1 Å². The maximum absolute atomic E-state index is 10.5. The zero-order valence-corrected chi connectivity index (χ0v) is 9.83. The summed E-state index contributed by atoms with van der Waals surface area (Å²) in [7, 11) is 0. The minimum absolute atomic E-state index is 0.0389. The summed E-state index contributed by atoms with van der Waals surface area (Å²) in [4.78, 5) is 14.6. The summed E-state index contributed by atoms with van der Waals surface area (Å²) in [6, 6.07) is 5.32. The van der Waals surface area contributed by atoms with Crippen molar-refractivity contribution in [3.05, 3.63) is 24.1 Å². The maximum atomic E-state index is 10.5. The van der Waals surface area contributed by atoms with Gasteiger partial charge in [-0.25, -0.2) is 0 Å². The predicted molar refractivity (Wildman–Crippen MR) is 61.8 cm³/mol. The van der Waals surface area contributed by atoms with Crippen molar-refractivity contribution in [1.82, 2.24) is 10.1 Å². The van der Waals surface area contributed by atoms with E-state index in [1.54, 1.807) is 18.2 Å². The van der Waals surface area contributed by atoms with E-state index in [1.165, 1.54) is 0 Å². The van der Waals surface area contributed by atoms with Crippen LogP contribution in [0.1, 0.15) is 12.3 Å². The predicted octanol–water partition coefficient (Wildman–Crippen LogP) is 1.48. The molecule has 0 saturated carbocycles. The molecular weight excluding hydrogens is 252 g/mol. The van der Waals surface area contributed by atoms with E-state index in [0.29, 0.717) is 23.2 Å². The first-order valence-electron chi connectivity index (χ1n) is 5.67. The Morgan fingerprint density at radius 1 is 1.32 bits per heavy atom. The molecule has 7 nitrogen and oxygen atoms in total. The molecule has 0 radical (unpaired) electrons. The van der Waals surface area contributed by atoms with Crippen molar-refractivity contribution >= 4 is 5.97 Å². The molecule has 0 amide bonds. The Bertz CT molecular complexity index is 622. The van der Waals surface area contributed by atoms with Gasteiger partial charge in [-0.2, -0.15) is 4.98 Å². The quantitative estimate of drug-likeness (QED) is 0.891. The van der Waals surface area contributed by atoms with Gasteiger partial charge in [0.2, 0.25) is 18.5 Å². The Balaban J connectivity index is 1.80. The Morgan fingerprint density at radius 3 is 3.00 bits per heavy atom. The number of hydrogen-bond donors (Lipinski definition) is 1. The number of carbonyl (C=O) groups is 1. The van der Waals surface area contributed by atoms with E-state index in [0.717, 1.165) is 5.56 Å². The van der Waals surface area contributed by atoms with Crippen LogP contribution in [-0.4, -0.2) is 28.0 Å². The fraction of sp³-hybridized carbons (Fsp3) is 0.250. The van der Waals surface area contributed by atoms with Crippen LogP contribution < -0.4 is 9.47 Å². The van der Waals surface area contributed by atoms with Gasteiger partial charge in [0.15, 0.2) is 11.5 Å². The van der Waals surface area contributed by atoms with Crippen LogP contribution in [0.15, 0.2) is 22.7 Å². The minimum atomic E-state index is -0.900. The molecule has 1 N–H and O–H groups in total. The van der Waals surface area contributed by atoms with Crippen molar-refractivity contribution in [3.8, 4) is 22.9 Å². The van der Waals surface area contributed by atoms with Crippen molar-refractivity contribution in [2.24, 2.45) is 0 Å². The van der Waals surface area contributed by atoms with Crippen LogP contribution in [0.2, 0.25) is 0 Å². The van der Waals surface area contributed by atoms with Gasteiger partial charge in [0.25, 0.3) is 0 Å². The molecule has 1 aromatic heterocycles. The van der Waals surface area contributed by atoms with Crippen LogP contribution in [0.3, 0.4) is 0 Å². The number of fused-ring (bicyclic) bond motifs is 1. The summed E-state index contributed by atoms with van der Waals surface area (Å²) >= 11 is 0. The summed E-state index contributed by atoms with van der Waals surface area (Å²) in [5, 5.41) is 12.4. The number of rotatable bonds is 4. The Morgan fingerprint density at radius 2 is 2.16 bits per heavy atom. The molecule has 0 unspecified atom stereocenters. The highest BCUT2D eigenvalue weighted by Gasteiger charge is 2.16. The van der Waals surface area contributed by atoms with Crippen LogP contribution in [0, 0.1) is 0 Å². The van der Waals surface area contributed by atoms with Crippen molar-refractivity contribution in [2.45, 2.75) is 12.8 Å². The van der Waals surface area contributed by atoms with Gasteiger partial charge in [-0.05, 0) is 18.2 Å². The molecule has 3 rings (SSSR count). The van der Waals surface area contributed by atoms with Crippen molar-refractivity contribution in [3.63, 3.8) is 0 Å². The van der Waals surface area contributed by atoms with Crippen LogP contribution in [0.4, 0.5) is 0 Å². The number of hydrogen-bond acceptors (Lipinski definition) is 6. The molecule has 19 heavy (non-hydrogen) atoms. The first-order valence-corrected chi connectivity index (χ1v) is 5.67. The smallest absolute Gasteiger partial charge is 0.303 e. The SMILES string of the molecule is O=C(O)CCc1nc(-c2ccc3c(c2)OCO3)no1. The number of nitrogens with zero attached hydrogens (tertiary/aromatic N) is 2. The van der Waals surface area contributed by atoms with Gasteiger partial charge in [0, 0.05) is 12.0 Å². The molecule has 2 aromatic rings. The second-order valence-electron chi connectivity index (χ2n) is 3.97. The van der Waals surface area contributed by atoms with E-state index >= 15 is 0 Å². The maximum Gasteiger partial charge on any atom is 0.303 e. The van der Waals surface area contributed by atoms with Gasteiger partial charge in [-0.15, -0.1) is 0 Å². The Hall–Kier alpha value is -2.57. The lowest BCUT2D eigenvalue weighted by molar-refractivity contribution is -0.137. The Labute approximate surface area is 107 Å². The highest BCUT2D eigenvalue weighted by molar-refractivity contribution is 5.67. The molecule has 2 heterocycles. The molecule has 0 fully saturated rings. The molecule has 1 aliphatic heterocycles. The van der Waals surface area contributed by atoms with Crippen LogP contribution in [-0.2, 0) is 11.2 Å². The first-order chi connectivity index (χ1) is 9.22. The van der Waals surface area contributed by atoms with Gasteiger partial charge < -0.3 is 19.1 Å². The molecule has 1 aliphatic rings. The van der Waals surface area contributed by atoms with E-state index in [1.807, 2.05) is 0 Å². The van der Waals surface area contributed by atoms with Crippen LogP contribution in [0.25, 0.3) is 11.4 Å². The van der Waals surface area contributed by atoms with Gasteiger partial charge >= 0.3 is 5.97 Å². The summed E-state index contributed by atoms with van der Waals surface area (Å²) < 4.78 is 15.5. The summed E-state index contributed by atoms with van der Waals surface area (Å²) in [6.45, 7) is 0.203. The van der Waals surface area contributed by atoms with Gasteiger partial charge in [-0.3, -0.25) is 4.79 Å². The van der Waals surface area contributed by atoms with Gasteiger partial charge in [0.1, 0.15) is 0 Å². The lowest BCUT2D eigenvalue weighted by Gasteiger charge is -1.97. The van der Waals surface area contributed by atoms with E-state index in [9.17, 15) is 4.79 Å². The summed E-state index contributed by atoms with van der Waals surface area (Å²) in [5.74, 6) is 1.12. The number of aryl methyl sites for hydroxylation is 1. The third kappa shape index (κ3) is 2.35. The molecule has 0 saturated heterocycles. The molecule has 0 atom stereocenters. The van der Waals surface area contributed by atoms with Gasteiger partial charge in [-0.1, -0.05) is 5.16 Å². The summed E-state index contributed by atoms with van der Waals surface area (Å²) in [6.07, 6.45) is 0.176. The van der Waals surface area contributed by atoms with Crippen LogP contribution >= 0.6 is 0 Å². The zero-order valence-electron chi connectivity index (χ0n) is 9.83. The molecule has 0 aliphatic carbocycles. The third-order valence-electron chi connectivity index (χ3n) is 2.65. The second kappa shape index (κ2) is 4.60. The minimum Gasteiger partial charge on any atom is -0.481 e. The monoisotopic (exact) mass is 262 g/mol. The molecule has 7 heteroatoms. The fourth-order valence-electron chi connectivity index (χ4n) is 1.72. The summed E-state index contributed by atoms with van der Waals surface area (Å²) in [5.41, 5.74) is 0.731. The van der Waals surface area contributed by atoms with Gasteiger partial charge in [0.05, 0.1) is 6.42 Å². The molecule has 98 valence electrons. The largest absolute Gasteiger partial charge is 0.481 e. The Kier molecular flexibility index (Phi) is 2.79.